The number of piperazine rings is 1. The minimum Gasteiger partial charge on any atom is -0.322 e. The third-order valence-electron chi connectivity index (χ3n) is 4.30. The van der Waals surface area contributed by atoms with Crippen molar-refractivity contribution in [3.63, 3.8) is 0 Å². The summed E-state index contributed by atoms with van der Waals surface area (Å²) in [4.78, 5) is 16.2. The quantitative estimate of drug-likeness (QED) is 0.903. The van der Waals surface area contributed by atoms with Gasteiger partial charge in [0.15, 0.2) is 11.6 Å². The maximum atomic E-state index is 13.2. The SMILES string of the molecule is O=C(Nc1ccc(F)c(F)c1)N1CCN(C/C=C/c2ccccc2)CC1. The maximum absolute atomic E-state index is 13.2. The van der Waals surface area contributed by atoms with Gasteiger partial charge in [-0.3, -0.25) is 4.90 Å². The first kappa shape index (κ1) is 18.1. The second-order valence-electron chi connectivity index (χ2n) is 6.16. The highest BCUT2D eigenvalue weighted by molar-refractivity contribution is 5.89. The van der Waals surface area contributed by atoms with Crippen molar-refractivity contribution in [3.8, 4) is 0 Å². The third-order valence-corrected chi connectivity index (χ3v) is 4.30. The number of nitrogens with zero attached hydrogens (tertiary/aromatic N) is 2. The van der Waals surface area contributed by atoms with E-state index in [2.05, 4.69) is 34.5 Å². The van der Waals surface area contributed by atoms with E-state index in [1.54, 1.807) is 4.90 Å². The maximum Gasteiger partial charge on any atom is 0.321 e. The summed E-state index contributed by atoms with van der Waals surface area (Å²) in [5.74, 6) is -1.90. The molecule has 1 saturated heterocycles. The van der Waals surface area contributed by atoms with Crippen LogP contribution in [0.5, 0.6) is 0 Å². The van der Waals surface area contributed by atoms with Crippen LogP contribution in [-0.4, -0.2) is 48.6 Å². The summed E-state index contributed by atoms with van der Waals surface area (Å²) >= 11 is 0. The molecule has 2 aromatic rings. The summed E-state index contributed by atoms with van der Waals surface area (Å²) in [7, 11) is 0. The monoisotopic (exact) mass is 357 g/mol. The van der Waals surface area contributed by atoms with E-state index in [4.69, 9.17) is 0 Å². The summed E-state index contributed by atoms with van der Waals surface area (Å²) < 4.78 is 26.1. The molecular weight excluding hydrogens is 336 g/mol. The topological polar surface area (TPSA) is 35.6 Å². The lowest BCUT2D eigenvalue weighted by atomic mass is 10.2. The Bertz CT molecular complexity index is 772. The van der Waals surface area contributed by atoms with Gasteiger partial charge in [0, 0.05) is 44.5 Å². The van der Waals surface area contributed by atoms with E-state index in [1.165, 1.54) is 6.07 Å². The minimum absolute atomic E-state index is 0.252. The van der Waals surface area contributed by atoms with Crippen molar-refractivity contribution in [2.45, 2.75) is 0 Å². The molecule has 2 aromatic carbocycles. The summed E-state index contributed by atoms with van der Waals surface area (Å²) in [5.41, 5.74) is 1.42. The molecule has 136 valence electrons. The number of rotatable bonds is 4. The molecule has 0 bridgehead atoms. The standard InChI is InChI=1S/C20H21F2N3O/c21-18-9-8-17(15-19(18)22)23-20(26)25-13-11-24(12-14-25)10-4-7-16-5-2-1-3-6-16/h1-9,15H,10-14H2,(H,23,26)/b7-4+. The molecule has 0 atom stereocenters. The smallest absolute Gasteiger partial charge is 0.321 e. The Labute approximate surface area is 151 Å². The van der Waals surface area contributed by atoms with Crippen LogP contribution in [-0.2, 0) is 0 Å². The van der Waals surface area contributed by atoms with Crippen molar-refractivity contribution in [2.24, 2.45) is 0 Å². The molecule has 0 radical (unpaired) electrons. The van der Waals surface area contributed by atoms with Gasteiger partial charge in [-0.15, -0.1) is 0 Å². The average Bonchev–Trinajstić information content (AvgIpc) is 2.66. The fraction of sp³-hybridized carbons (Fsp3) is 0.250. The molecule has 0 aliphatic carbocycles. The van der Waals surface area contributed by atoms with Gasteiger partial charge in [-0.2, -0.15) is 0 Å². The number of amides is 2. The number of anilines is 1. The first-order chi connectivity index (χ1) is 12.6. The van der Waals surface area contributed by atoms with Gasteiger partial charge in [-0.1, -0.05) is 42.5 Å². The largest absolute Gasteiger partial charge is 0.322 e. The van der Waals surface area contributed by atoms with E-state index in [9.17, 15) is 13.6 Å². The normalized spacial score (nSPS) is 15.4. The van der Waals surface area contributed by atoms with Crippen LogP contribution < -0.4 is 5.32 Å². The molecular formula is C20H21F2N3O. The summed E-state index contributed by atoms with van der Waals surface area (Å²) in [6.07, 6.45) is 4.20. The van der Waals surface area contributed by atoms with E-state index in [0.29, 0.717) is 13.1 Å². The molecule has 1 N–H and O–H groups in total. The highest BCUT2D eigenvalue weighted by Gasteiger charge is 2.20. The fourth-order valence-electron chi connectivity index (χ4n) is 2.81. The zero-order valence-corrected chi connectivity index (χ0v) is 14.4. The van der Waals surface area contributed by atoms with Gasteiger partial charge in [0.2, 0.25) is 0 Å². The van der Waals surface area contributed by atoms with Crippen LogP contribution in [0, 0.1) is 11.6 Å². The molecule has 3 rings (SSSR count). The van der Waals surface area contributed by atoms with Crippen LogP contribution >= 0.6 is 0 Å². The van der Waals surface area contributed by atoms with Gasteiger partial charge in [0.25, 0.3) is 0 Å². The molecule has 1 aliphatic rings. The second kappa shape index (κ2) is 8.58. The predicted octanol–water partition coefficient (Wildman–Crippen LogP) is 3.83. The van der Waals surface area contributed by atoms with Crippen molar-refractivity contribution in [1.29, 1.82) is 0 Å². The number of benzene rings is 2. The first-order valence-electron chi connectivity index (χ1n) is 8.57. The molecule has 2 amide bonds. The molecule has 0 unspecified atom stereocenters. The zero-order chi connectivity index (χ0) is 18.4. The summed E-state index contributed by atoms with van der Waals surface area (Å²) in [6.45, 7) is 3.55. The number of hydrogen-bond acceptors (Lipinski definition) is 2. The summed E-state index contributed by atoms with van der Waals surface area (Å²) in [5, 5.41) is 2.61. The number of urea groups is 1. The molecule has 0 spiro atoms. The Balaban J connectivity index is 1.44. The van der Waals surface area contributed by atoms with E-state index in [-0.39, 0.29) is 11.7 Å². The van der Waals surface area contributed by atoms with E-state index < -0.39 is 11.6 Å². The lowest BCUT2D eigenvalue weighted by Gasteiger charge is -2.34. The van der Waals surface area contributed by atoms with Gasteiger partial charge in [0.1, 0.15) is 0 Å². The molecule has 1 heterocycles. The van der Waals surface area contributed by atoms with E-state index in [1.807, 2.05) is 18.2 Å². The molecule has 4 nitrogen and oxygen atoms in total. The Morgan fingerprint density at radius 3 is 2.42 bits per heavy atom. The molecule has 0 saturated carbocycles. The van der Waals surface area contributed by atoms with Gasteiger partial charge >= 0.3 is 6.03 Å². The van der Waals surface area contributed by atoms with E-state index in [0.717, 1.165) is 37.3 Å². The van der Waals surface area contributed by atoms with Crippen molar-refractivity contribution >= 4 is 17.8 Å². The number of hydrogen-bond donors (Lipinski definition) is 1. The Hall–Kier alpha value is -2.73. The van der Waals surface area contributed by atoms with Crippen molar-refractivity contribution in [2.75, 3.05) is 38.0 Å². The molecule has 1 aliphatic heterocycles. The highest BCUT2D eigenvalue weighted by Crippen LogP contribution is 2.14. The van der Waals surface area contributed by atoms with Crippen LogP contribution in [0.3, 0.4) is 0 Å². The molecule has 1 fully saturated rings. The van der Waals surface area contributed by atoms with Crippen LogP contribution in [0.1, 0.15) is 5.56 Å². The predicted molar refractivity (Wildman–Crippen MR) is 98.9 cm³/mol. The van der Waals surface area contributed by atoms with Crippen LogP contribution in [0.15, 0.2) is 54.6 Å². The molecule has 0 aromatic heterocycles. The van der Waals surface area contributed by atoms with Gasteiger partial charge < -0.3 is 10.2 Å². The Morgan fingerprint density at radius 2 is 1.73 bits per heavy atom. The summed E-state index contributed by atoms with van der Waals surface area (Å²) in [6, 6.07) is 13.1. The van der Waals surface area contributed by atoms with Crippen LogP contribution in [0.4, 0.5) is 19.3 Å². The number of carbonyl (C=O) groups is 1. The Morgan fingerprint density at radius 1 is 1.00 bits per heavy atom. The first-order valence-corrected chi connectivity index (χ1v) is 8.57. The second-order valence-corrected chi connectivity index (χ2v) is 6.16. The molecule has 6 heteroatoms. The van der Waals surface area contributed by atoms with Crippen molar-refractivity contribution in [3.05, 3.63) is 71.8 Å². The van der Waals surface area contributed by atoms with E-state index >= 15 is 0 Å². The van der Waals surface area contributed by atoms with Gasteiger partial charge in [0.05, 0.1) is 0 Å². The third kappa shape index (κ3) is 4.89. The van der Waals surface area contributed by atoms with Crippen molar-refractivity contribution in [1.82, 2.24) is 9.80 Å². The fourth-order valence-corrected chi connectivity index (χ4v) is 2.81. The number of nitrogens with one attached hydrogen (secondary N) is 1. The van der Waals surface area contributed by atoms with Crippen LogP contribution in [0.25, 0.3) is 6.08 Å². The van der Waals surface area contributed by atoms with Gasteiger partial charge in [-0.05, 0) is 17.7 Å². The lowest BCUT2D eigenvalue weighted by Crippen LogP contribution is -2.49. The minimum atomic E-state index is -0.974. The Kier molecular flexibility index (Phi) is 5.96. The number of carbonyl (C=O) groups excluding carboxylic acids is 1. The van der Waals surface area contributed by atoms with Gasteiger partial charge in [-0.25, -0.2) is 13.6 Å². The number of halogens is 2. The zero-order valence-electron chi connectivity index (χ0n) is 14.4. The lowest BCUT2D eigenvalue weighted by molar-refractivity contribution is 0.156. The highest BCUT2D eigenvalue weighted by atomic mass is 19.2. The average molecular weight is 357 g/mol. The molecule has 26 heavy (non-hydrogen) atoms. The van der Waals surface area contributed by atoms with Crippen LogP contribution in [0.2, 0.25) is 0 Å². The van der Waals surface area contributed by atoms with Crippen molar-refractivity contribution < 1.29 is 13.6 Å².